The molecule has 1 rings (SSSR count). The van der Waals surface area contributed by atoms with Crippen molar-refractivity contribution in [3.63, 3.8) is 0 Å². The summed E-state index contributed by atoms with van der Waals surface area (Å²) < 4.78 is 0. The Morgan fingerprint density at radius 3 is 3.00 bits per heavy atom. The standard InChI is InChI=1S/C9H11NO2/c11-9(12)6-5-8-4-2-1-3-7-10-8/h1-4,7,10H,5-6H2,(H,11,12). The number of carboxylic acid groups (broad SMARTS) is 1. The summed E-state index contributed by atoms with van der Waals surface area (Å²) in [6.45, 7) is 0. The maximum atomic E-state index is 10.2. The van der Waals surface area contributed by atoms with Crippen LogP contribution in [-0.2, 0) is 4.79 Å². The van der Waals surface area contributed by atoms with Crippen molar-refractivity contribution in [2.24, 2.45) is 0 Å². The molecule has 1 heterocycles. The number of carbonyl (C=O) groups is 1. The van der Waals surface area contributed by atoms with E-state index in [1.54, 1.807) is 6.20 Å². The molecule has 0 saturated heterocycles. The number of hydrogen-bond acceptors (Lipinski definition) is 2. The van der Waals surface area contributed by atoms with Crippen LogP contribution >= 0.6 is 0 Å². The Hall–Kier alpha value is -1.51. The van der Waals surface area contributed by atoms with Crippen LogP contribution < -0.4 is 5.32 Å². The van der Waals surface area contributed by atoms with E-state index < -0.39 is 5.97 Å². The SMILES string of the molecule is O=C(O)CCC1=CC=CC=CN1. The van der Waals surface area contributed by atoms with Crippen molar-refractivity contribution in [1.29, 1.82) is 0 Å². The van der Waals surface area contributed by atoms with Gasteiger partial charge in [0.1, 0.15) is 0 Å². The van der Waals surface area contributed by atoms with Gasteiger partial charge in [-0.15, -0.1) is 0 Å². The number of nitrogens with one attached hydrogen (secondary N) is 1. The molecule has 0 aliphatic carbocycles. The summed E-state index contributed by atoms with van der Waals surface area (Å²) in [5.41, 5.74) is 0.933. The molecule has 0 unspecified atom stereocenters. The van der Waals surface area contributed by atoms with E-state index in [0.29, 0.717) is 6.42 Å². The minimum absolute atomic E-state index is 0.167. The summed E-state index contributed by atoms with van der Waals surface area (Å²) in [4.78, 5) is 10.2. The van der Waals surface area contributed by atoms with E-state index in [9.17, 15) is 4.79 Å². The Labute approximate surface area is 71.1 Å². The minimum Gasteiger partial charge on any atom is -0.481 e. The van der Waals surface area contributed by atoms with E-state index in [-0.39, 0.29) is 6.42 Å². The average Bonchev–Trinajstić information content (AvgIpc) is 2.28. The Balaban J connectivity index is 2.41. The monoisotopic (exact) mass is 165 g/mol. The Morgan fingerprint density at radius 1 is 1.42 bits per heavy atom. The van der Waals surface area contributed by atoms with Gasteiger partial charge in [-0.3, -0.25) is 4.79 Å². The van der Waals surface area contributed by atoms with Crippen LogP contribution in [0.3, 0.4) is 0 Å². The summed E-state index contributed by atoms with van der Waals surface area (Å²) >= 11 is 0. The number of aliphatic carboxylic acids is 1. The lowest BCUT2D eigenvalue weighted by atomic mass is 10.2. The highest BCUT2D eigenvalue weighted by atomic mass is 16.4. The van der Waals surface area contributed by atoms with Crippen LogP contribution in [0.5, 0.6) is 0 Å². The summed E-state index contributed by atoms with van der Waals surface area (Å²) in [7, 11) is 0. The molecule has 64 valence electrons. The van der Waals surface area contributed by atoms with Gasteiger partial charge in [0.15, 0.2) is 0 Å². The van der Waals surface area contributed by atoms with Gasteiger partial charge < -0.3 is 10.4 Å². The van der Waals surface area contributed by atoms with Crippen LogP contribution in [0.1, 0.15) is 12.8 Å². The lowest BCUT2D eigenvalue weighted by Crippen LogP contribution is -2.06. The number of carboxylic acids is 1. The van der Waals surface area contributed by atoms with Crippen molar-refractivity contribution in [3.05, 3.63) is 36.2 Å². The van der Waals surface area contributed by atoms with Crippen molar-refractivity contribution < 1.29 is 9.90 Å². The summed E-state index contributed by atoms with van der Waals surface area (Å²) in [5.74, 6) is -0.769. The van der Waals surface area contributed by atoms with Crippen molar-refractivity contribution in [3.8, 4) is 0 Å². The first kappa shape index (κ1) is 8.59. The maximum absolute atomic E-state index is 10.2. The van der Waals surface area contributed by atoms with Crippen LogP contribution in [0.25, 0.3) is 0 Å². The van der Waals surface area contributed by atoms with Crippen LogP contribution in [-0.4, -0.2) is 11.1 Å². The normalized spacial score (nSPS) is 14.8. The van der Waals surface area contributed by atoms with Gasteiger partial charge in [0.2, 0.25) is 0 Å². The molecular weight excluding hydrogens is 154 g/mol. The Kier molecular flexibility index (Phi) is 3.14. The number of hydrogen-bond donors (Lipinski definition) is 2. The second-order valence-electron chi connectivity index (χ2n) is 2.47. The lowest BCUT2D eigenvalue weighted by molar-refractivity contribution is -0.136. The molecule has 0 amide bonds. The minimum atomic E-state index is -0.769. The highest BCUT2D eigenvalue weighted by molar-refractivity contribution is 5.67. The van der Waals surface area contributed by atoms with Crippen LogP contribution in [0.4, 0.5) is 0 Å². The largest absolute Gasteiger partial charge is 0.481 e. The zero-order valence-corrected chi connectivity index (χ0v) is 6.66. The molecule has 0 spiro atoms. The fourth-order valence-electron chi connectivity index (χ4n) is 0.892. The molecule has 0 radical (unpaired) electrons. The summed E-state index contributed by atoms with van der Waals surface area (Å²) in [5, 5.41) is 11.4. The van der Waals surface area contributed by atoms with E-state index in [2.05, 4.69) is 5.32 Å². The molecule has 0 aromatic carbocycles. The molecular formula is C9H11NO2. The highest BCUT2D eigenvalue weighted by Gasteiger charge is 1.99. The van der Waals surface area contributed by atoms with Gasteiger partial charge in [-0.1, -0.05) is 12.2 Å². The highest BCUT2D eigenvalue weighted by Crippen LogP contribution is 2.03. The molecule has 3 nitrogen and oxygen atoms in total. The van der Waals surface area contributed by atoms with Gasteiger partial charge in [0.25, 0.3) is 0 Å². The average molecular weight is 165 g/mol. The predicted octanol–water partition coefficient (Wildman–Crippen LogP) is 1.41. The Bertz CT molecular complexity index is 251. The third-order valence-electron chi connectivity index (χ3n) is 1.49. The van der Waals surface area contributed by atoms with Gasteiger partial charge in [0, 0.05) is 11.9 Å². The van der Waals surface area contributed by atoms with Crippen molar-refractivity contribution in [2.75, 3.05) is 0 Å². The van der Waals surface area contributed by atoms with Crippen molar-refractivity contribution in [2.45, 2.75) is 12.8 Å². The zero-order valence-electron chi connectivity index (χ0n) is 6.66. The third kappa shape index (κ3) is 3.05. The van der Waals surface area contributed by atoms with Crippen LogP contribution in [0, 0.1) is 0 Å². The molecule has 0 aromatic rings. The molecule has 1 aliphatic heterocycles. The first-order valence-corrected chi connectivity index (χ1v) is 3.80. The predicted molar refractivity (Wildman–Crippen MR) is 46.4 cm³/mol. The van der Waals surface area contributed by atoms with Crippen LogP contribution in [0.15, 0.2) is 36.2 Å². The van der Waals surface area contributed by atoms with E-state index >= 15 is 0 Å². The quantitative estimate of drug-likeness (QED) is 0.664. The molecule has 1 aliphatic rings. The van der Waals surface area contributed by atoms with Crippen LogP contribution in [0.2, 0.25) is 0 Å². The van der Waals surface area contributed by atoms with Crippen molar-refractivity contribution in [1.82, 2.24) is 5.32 Å². The Morgan fingerprint density at radius 2 is 2.25 bits per heavy atom. The van der Waals surface area contributed by atoms with Gasteiger partial charge in [-0.25, -0.2) is 0 Å². The fraction of sp³-hybridized carbons (Fsp3) is 0.222. The summed E-state index contributed by atoms with van der Waals surface area (Å²) in [6, 6.07) is 0. The third-order valence-corrected chi connectivity index (χ3v) is 1.49. The zero-order chi connectivity index (χ0) is 8.81. The smallest absolute Gasteiger partial charge is 0.303 e. The molecule has 2 N–H and O–H groups in total. The maximum Gasteiger partial charge on any atom is 0.303 e. The lowest BCUT2D eigenvalue weighted by Gasteiger charge is -2.02. The molecule has 0 atom stereocenters. The van der Waals surface area contributed by atoms with E-state index in [0.717, 1.165) is 5.70 Å². The molecule has 0 aromatic heterocycles. The summed E-state index contributed by atoms with van der Waals surface area (Å²) in [6.07, 6.45) is 10.0. The van der Waals surface area contributed by atoms with Gasteiger partial charge in [-0.05, 0) is 18.6 Å². The molecule has 0 fully saturated rings. The second kappa shape index (κ2) is 4.38. The molecule has 3 heteroatoms. The molecule has 0 saturated carbocycles. The van der Waals surface area contributed by atoms with Gasteiger partial charge in [0.05, 0.1) is 6.42 Å². The van der Waals surface area contributed by atoms with Gasteiger partial charge >= 0.3 is 5.97 Å². The van der Waals surface area contributed by atoms with Crippen molar-refractivity contribution >= 4 is 5.97 Å². The molecule has 12 heavy (non-hydrogen) atoms. The first-order chi connectivity index (χ1) is 5.79. The number of rotatable bonds is 3. The second-order valence-corrected chi connectivity index (χ2v) is 2.47. The van der Waals surface area contributed by atoms with Gasteiger partial charge in [-0.2, -0.15) is 0 Å². The molecule has 0 bridgehead atoms. The first-order valence-electron chi connectivity index (χ1n) is 3.80. The van der Waals surface area contributed by atoms with E-state index in [1.807, 2.05) is 24.3 Å². The topological polar surface area (TPSA) is 49.3 Å². The number of allylic oxidation sites excluding steroid dienone is 5. The fourth-order valence-corrected chi connectivity index (χ4v) is 0.892. The van der Waals surface area contributed by atoms with E-state index in [1.165, 1.54) is 0 Å². The van der Waals surface area contributed by atoms with E-state index in [4.69, 9.17) is 5.11 Å².